The molecule has 2 atom stereocenters. The molecule has 434 valence electrons. The van der Waals surface area contributed by atoms with Gasteiger partial charge in [0.05, 0.1) is 24.5 Å². The average Bonchev–Trinajstić information content (AvgIpc) is 4.25. The number of halogens is 1. The number of benzene rings is 4. The molecule has 1 N–H and O–H groups in total. The number of piperazine rings is 2. The van der Waals surface area contributed by atoms with Crippen molar-refractivity contribution in [2.24, 2.45) is 0 Å². The summed E-state index contributed by atoms with van der Waals surface area (Å²) in [6, 6.07) is 25.9. The van der Waals surface area contributed by atoms with E-state index in [1.165, 1.54) is 30.4 Å². The van der Waals surface area contributed by atoms with Gasteiger partial charge in [-0.1, -0.05) is 61.7 Å². The molecule has 19 nitrogen and oxygen atoms in total. The number of aromatic hydroxyl groups is 1. The fourth-order valence-electron chi connectivity index (χ4n) is 12.4. The number of amides is 2. The summed E-state index contributed by atoms with van der Waals surface area (Å²) in [5.74, 6) is 2.83. The Kier molecular flexibility index (Phi) is 18.5. The molecular formula is C62H77ClN12O7. The van der Waals surface area contributed by atoms with Gasteiger partial charge in [-0.3, -0.25) is 9.59 Å². The van der Waals surface area contributed by atoms with E-state index < -0.39 is 0 Å². The van der Waals surface area contributed by atoms with Gasteiger partial charge in [0.15, 0.2) is 6.79 Å². The third-order valence-corrected chi connectivity index (χ3v) is 17.0. The molecule has 4 fully saturated rings. The van der Waals surface area contributed by atoms with Crippen LogP contribution in [0.2, 0.25) is 0 Å². The second-order valence-electron chi connectivity index (χ2n) is 22.0. The Morgan fingerprint density at radius 3 is 1.50 bits per heavy atom. The highest BCUT2D eigenvalue weighted by Crippen LogP contribution is 2.39. The lowest BCUT2D eigenvalue weighted by molar-refractivity contribution is -0.127. The fraction of sp³-hybridized carbons (Fsp3) is 0.452. The van der Waals surface area contributed by atoms with E-state index in [9.17, 15) is 14.7 Å². The third-order valence-electron chi connectivity index (χ3n) is 17.0. The molecule has 0 unspecified atom stereocenters. The van der Waals surface area contributed by atoms with E-state index in [0.29, 0.717) is 103 Å². The second kappa shape index (κ2) is 26.2. The Hall–Kier alpha value is -7.45. The predicted octanol–water partition coefficient (Wildman–Crippen LogP) is 7.11. The van der Waals surface area contributed by atoms with Gasteiger partial charge in [-0.25, -0.2) is 0 Å². The fourth-order valence-corrected chi connectivity index (χ4v) is 12.4. The quantitative estimate of drug-likeness (QED) is 0.0815. The lowest BCUT2D eigenvalue weighted by Gasteiger charge is -2.38. The van der Waals surface area contributed by atoms with Crippen LogP contribution in [0.5, 0.6) is 23.5 Å². The van der Waals surface area contributed by atoms with Crippen LogP contribution in [-0.4, -0.2) is 188 Å². The Balaban J connectivity index is 0.000000182. The minimum Gasteiger partial charge on any atom is -0.508 e. The van der Waals surface area contributed by atoms with E-state index in [0.717, 1.165) is 119 Å². The molecule has 20 heteroatoms. The molecule has 2 amide bonds. The molecular weight excluding hydrogens is 1060 g/mol. The molecule has 6 aliphatic rings. The van der Waals surface area contributed by atoms with E-state index in [1.807, 2.05) is 40.1 Å². The molecule has 0 aliphatic carbocycles. The van der Waals surface area contributed by atoms with Crippen molar-refractivity contribution in [3.8, 4) is 23.5 Å². The largest absolute Gasteiger partial charge is 0.508 e. The van der Waals surface area contributed by atoms with Gasteiger partial charge in [0.1, 0.15) is 36.3 Å². The van der Waals surface area contributed by atoms with Crippen LogP contribution in [0, 0.1) is 0 Å². The van der Waals surface area contributed by atoms with Crippen LogP contribution in [0.3, 0.4) is 0 Å². The first-order valence-corrected chi connectivity index (χ1v) is 28.7. The van der Waals surface area contributed by atoms with Gasteiger partial charge >= 0.3 is 12.0 Å². The number of carbonyl (C=O) groups excluding carboxylic acids is 2. The van der Waals surface area contributed by atoms with Gasteiger partial charge in [0.25, 0.3) is 0 Å². The molecule has 6 aromatic rings. The number of carbonyl (C=O) groups is 2. The molecule has 0 radical (unpaired) electrons. The molecule has 12 rings (SSSR count). The zero-order valence-electron chi connectivity index (χ0n) is 47.6. The van der Waals surface area contributed by atoms with Gasteiger partial charge in [-0.15, -0.1) is 12.4 Å². The molecule has 8 heterocycles. The summed E-state index contributed by atoms with van der Waals surface area (Å²) in [7, 11) is 5.92. The van der Waals surface area contributed by atoms with Crippen molar-refractivity contribution in [1.82, 2.24) is 39.5 Å². The summed E-state index contributed by atoms with van der Waals surface area (Å²) in [4.78, 5) is 61.7. The number of hydrogen-bond acceptors (Lipinski definition) is 17. The number of likely N-dealkylation sites (N-methyl/N-ethyl adjacent to an activating group) is 2. The minimum absolute atomic E-state index is 0. The minimum atomic E-state index is -0.0296. The van der Waals surface area contributed by atoms with Crippen molar-refractivity contribution in [2.75, 3.05) is 139 Å². The Morgan fingerprint density at radius 1 is 0.585 bits per heavy atom. The number of anilines is 4. The van der Waals surface area contributed by atoms with Crippen LogP contribution >= 0.6 is 12.4 Å². The van der Waals surface area contributed by atoms with Gasteiger partial charge in [-0.05, 0) is 101 Å². The molecule has 6 aliphatic heterocycles. The number of aromatic nitrogens is 4. The number of nitrogens with zero attached hydrogens (tertiary/aromatic N) is 12. The molecule has 4 aromatic carbocycles. The van der Waals surface area contributed by atoms with Crippen LogP contribution in [0.1, 0.15) is 48.2 Å². The smallest absolute Gasteiger partial charge is 0.318 e. The van der Waals surface area contributed by atoms with E-state index >= 15 is 0 Å². The zero-order valence-corrected chi connectivity index (χ0v) is 48.4. The topological polar surface area (TPSA) is 169 Å². The third kappa shape index (κ3) is 12.8. The van der Waals surface area contributed by atoms with Crippen molar-refractivity contribution < 1.29 is 33.6 Å². The van der Waals surface area contributed by atoms with Crippen molar-refractivity contribution >= 4 is 68.8 Å². The number of methoxy groups -OCH3 is 1. The van der Waals surface area contributed by atoms with E-state index in [1.54, 1.807) is 13.2 Å². The normalized spacial score (nSPS) is 19.3. The number of phenols is 1. The predicted molar refractivity (Wildman–Crippen MR) is 323 cm³/mol. The van der Waals surface area contributed by atoms with Crippen LogP contribution in [0.4, 0.5) is 23.0 Å². The van der Waals surface area contributed by atoms with Crippen LogP contribution in [-0.2, 0) is 40.3 Å². The standard InChI is InChI=1S/C32H40N6O4.C30H36N6O3.ClH/c1-4-30(39)36-14-16-37(17-15-36)31-27-11-13-38(20-28(27)33-32(34-31)41-21-24-9-7-12-35(24)2)29-19-25(42-22-40-3)18-23-8-5-6-10-26(23)29;1-3-28(38)34-13-15-35(16-14-34)29-25-10-12-36(27-18-23(37)17-21-7-4-5-9-24(21)27)19-26(25)31-30(32-29)39-20-22-8-6-11-33(22)2;/h4-6,8,10,18-19,24H,1,7,9,11-17,20-22H2,2-3H3;3-5,7,9,17-18,22,37H,1,6,8,10-16,19-20H2,2H3;1H/t24-;22-;/m00./s1. The number of ether oxygens (including phenoxy) is 4. The number of hydrogen-bond donors (Lipinski definition) is 1. The molecule has 82 heavy (non-hydrogen) atoms. The summed E-state index contributed by atoms with van der Waals surface area (Å²) in [5, 5.41) is 14.9. The van der Waals surface area contributed by atoms with Gasteiger partial charge < -0.3 is 63.3 Å². The monoisotopic (exact) mass is 1140 g/mol. The zero-order chi connectivity index (χ0) is 56.0. The SMILES string of the molecule is C=CC(=O)N1CCN(c2nc(OC[C@@H]3CCCN3C)nc3c2CCN(c2cc(O)cc4ccccc24)C3)CC1.C=CC(=O)N1CCN(c2nc(OC[C@@H]3CCCN3C)nc3c2CCN(c2cc(OCOC)cc4ccccc24)C3)CC1.Cl. The highest BCUT2D eigenvalue weighted by Gasteiger charge is 2.33. The molecule has 4 saturated heterocycles. The van der Waals surface area contributed by atoms with Crippen molar-refractivity contribution in [3.05, 3.63) is 121 Å². The van der Waals surface area contributed by atoms with Crippen LogP contribution < -0.4 is 33.8 Å². The Bertz CT molecular complexity index is 3260. The lowest BCUT2D eigenvalue weighted by atomic mass is 10.0. The van der Waals surface area contributed by atoms with Gasteiger partial charge in [-0.2, -0.15) is 19.9 Å². The van der Waals surface area contributed by atoms with Crippen molar-refractivity contribution in [3.63, 3.8) is 0 Å². The lowest BCUT2D eigenvalue weighted by Crippen LogP contribution is -2.49. The van der Waals surface area contributed by atoms with Crippen LogP contribution in [0.15, 0.2) is 98.1 Å². The first-order chi connectivity index (χ1) is 39.5. The Labute approximate surface area is 487 Å². The maximum Gasteiger partial charge on any atom is 0.318 e. The molecule has 0 saturated carbocycles. The van der Waals surface area contributed by atoms with E-state index in [4.69, 9.17) is 38.9 Å². The summed E-state index contributed by atoms with van der Waals surface area (Å²) < 4.78 is 23.6. The second-order valence-corrected chi connectivity index (χ2v) is 22.0. The summed E-state index contributed by atoms with van der Waals surface area (Å²) in [6.07, 6.45) is 8.97. The maximum absolute atomic E-state index is 12.2. The highest BCUT2D eigenvalue weighted by atomic mass is 35.5. The highest BCUT2D eigenvalue weighted by molar-refractivity contribution is 5.97. The Morgan fingerprint density at radius 2 is 1.05 bits per heavy atom. The van der Waals surface area contributed by atoms with E-state index in [-0.39, 0.29) is 36.8 Å². The van der Waals surface area contributed by atoms with E-state index in [2.05, 4.69) is 93.1 Å². The van der Waals surface area contributed by atoms with Gasteiger partial charge in [0.2, 0.25) is 11.8 Å². The van der Waals surface area contributed by atoms with Crippen molar-refractivity contribution in [2.45, 2.75) is 63.7 Å². The summed E-state index contributed by atoms with van der Waals surface area (Å²) >= 11 is 0. The number of phenolic OH excluding ortho intramolecular Hbond substituents is 1. The molecule has 0 spiro atoms. The first-order valence-electron chi connectivity index (χ1n) is 28.7. The first kappa shape index (κ1) is 57.8. The number of rotatable bonds is 15. The molecule has 0 bridgehead atoms. The van der Waals surface area contributed by atoms with Crippen molar-refractivity contribution in [1.29, 1.82) is 0 Å². The summed E-state index contributed by atoms with van der Waals surface area (Å²) in [5.41, 5.74) is 6.36. The maximum atomic E-state index is 12.2. The number of likely N-dealkylation sites (tertiary alicyclic amines) is 2. The number of fused-ring (bicyclic) bond motifs is 4. The average molecular weight is 1140 g/mol. The summed E-state index contributed by atoms with van der Waals surface area (Å²) in [6.45, 7) is 19.0. The van der Waals surface area contributed by atoms with Crippen LogP contribution in [0.25, 0.3) is 21.5 Å². The van der Waals surface area contributed by atoms with Gasteiger partial charge in [0, 0.05) is 130 Å². The molecule has 2 aromatic heterocycles.